The fraction of sp³-hybridized carbons (Fsp3) is 0. The molecule has 0 aliphatic rings. The summed E-state index contributed by atoms with van der Waals surface area (Å²) in [5.41, 5.74) is 9.21. The Morgan fingerprint density at radius 1 is 0.462 bits per heavy atom. The van der Waals surface area contributed by atoms with Crippen LogP contribution in [0.25, 0.3) is 82.5 Å². The summed E-state index contributed by atoms with van der Waals surface area (Å²) in [6.07, 6.45) is 0. The molecular formula is C36H21NO2. The Hall–Kier alpha value is -5.28. The number of hydrogen-bond acceptors (Lipinski definition) is 2. The predicted molar refractivity (Wildman–Crippen MR) is 161 cm³/mol. The maximum absolute atomic E-state index is 6.47. The third-order valence-corrected chi connectivity index (χ3v) is 7.98. The lowest BCUT2D eigenvalue weighted by atomic mass is 10.00. The van der Waals surface area contributed by atoms with Gasteiger partial charge in [0.05, 0.1) is 5.52 Å². The van der Waals surface area contributed by atoms with Crippen molar-refractivity contribution >= 4 is 65.7 Å². The Morgan fingerprint density at radius 3 is 2.13 bits per heavy atom. The molecule has 3 heterocycles. The number of aromatic nitrogens is 1. The topological polar surface area (TPSA) is 31.2 Å². The SMILES string of the molecule is c1ccc(-n2c3ccccc3c3oc4ccc(-c5ccc6c(c5)oc5ccc7ccccc7c56)cc4c32)cc1. The summed E-state index contributed by atoms with van der Waals surface area (Å²) >= 11 is 0. The van der Waals surface area contributed by atoms with Gasteiger partial charge in [0.25, 0.3) is 0 Å². The molecule has 0 N–H and O–H groups in total. The zero-order chi connectivity index (χ0) is 25.5. The summed E-state index contributed by atoms with van der Waals surface area (Å²) in [6.45, 7) is 0. The number of benzene rings is 6. The maximum atomic E-state index is 6.47. The van der Waals surface area contributed by atoms with Gasteiger partial charge in [0.2, 0.25) is 0 Å². The summed E-state index contributed by atoms with van der Waals surface area (Å²) in [6, 6.07) is 44.7. The van der Waals surface area contributed by atoms with E-state index in [0.717, 1.165) is 66.3 Å². The van der Waals surface area contributed by atoms with E-state index in [2.05, 4.69) is 132 Å². The largest absolute Gasteiger partial charge is 0.456 e. The van der Waals surface area contributed by atoms with Gasteiger partial charge >= 0.3 is 0 Å². The number of fused-ring (bicyclic) bond motifs is 10. The Balaban J connectivity index is 1.29. The van der Waals surface area contributed by atoms with E-state index in [4.69, 9.17) is 8.83 Å². The number of nitrogens with zero attached hydrogens (tertiary/aromatic N) is 1. The van der Waals surface area contributed by atoms with Crippen LogP contribution in [-0.4, -0.2) is 4.57 Å². The van der Waals surface area contributed by atoms with E-state index in [1.165, 1.54) is 16.2 Å². The fourth-order valence-corrected chi connectivity index (χ4v) is 6.22. The van der Waals surface area contributed by atoms with Gasteiger partial charge in [-0.3, -0.25) is 0 Å². The second-order valence-electron chi connectivity index (χ2n) is 10.2. The van der Waals surface area contributed by atoms with Crippen molar-refractivity contribution in [1.29, 1.82) is 0 Å². The van der Waals surface area contributed by atoms with Gasteiger partial charge in [-0.15, -0.1) is 0 Å². The molecule has 6 aromatic carbocycles. The molecule has 0 atom stereocenters. The van der Waals surface area contributed by atoms with Gasteiger partial charge < -0.3 is 13.4 Å². The van der Waals surface area contributed by atoms with E-state index < -0.39 is 0 Å². The first-order chi connectivity index (χ1) is 19.3. The third kappa shape index (κ3) is 2.87. The number of furan rings is 2. The zero-order valence-corrected chi connectivity index (χ0v) is 20.9. The molecule has 0 fully saturated rings. The van der Waals surface area contributed by atoms with Crippen LogP contribution < -0.4 is 0 Å². The van der Waals surface area contributed by atoms with E-state index >= 15 is 0 Å². The quantitative estimate of drug-likeness (QED) is 0.237. The average Bonchev–Trinajstić information content (AvgIpc) is 3.65. The first kappa shape index (κ1) is 20.7. The van der Waals surface area contributed by atoms with Gasteiger partial charge in [-0.25, -0.2) is 0 Å². The molecule has 0 aliphatic carbocycles. The van der Waals surface area contributed by atoms with Crippen LogP contribution in [0.3, 0.4) is 0 Å². The monoisotopic (exact) mass is 499 g/mol. The predicted octanol–water partition coefficient (Wildman–Crippen LogP) is 10.2. The Morgan fingerprint density at radius 2 is 1.21 bits per heavy atom. The van der Waals surface area contributed by atoms with Gasteiger partial charge in [0, 0.05) is 27.2 Å². The Bertz CT molecular complexity index is 2390. The second kappa shape index (κ2) is 7.62. The van der Waals surface area contributed by atoms with Crippen LogP contribution in [0, 0.1) is 0 Å². The molecule has 0 aliphatic heterocycles. The van der Waals surface area contributed by atoms with Crippen molar-refractivity contribution in [2.24, 2.45) is 0 Å². The number of hydrogen-bond donors (Lipinski definition) is 0. The van der Waals surface area contributed by atoms with Crippen molar-refractivity contribution in [2.75, 3.05) is 0 Å². The van der Waals surface area contributed by atoms with E-state index in [1.54, 1.807) is 0 Å². The molecule has 0 unspecified atom stereocenters. The van der Waals surface area contributed by atoms with Crippen LogP contribution in [0.4, 0.5) is 0 Å². The molecule has 0 saturated heterocycles. The summed E-state index contributed by atoms with van der Waals surface area (Å²) in [5, 5.41) is 6.97. The lowest BCUT2D eigenvalue weighted by Crippen LogP contribution is -1.92. The summed E-state index contributed by atoms with van der Waals surface area (Å²) < 4.78 is 15.1. The molecule has 0 spiro atoms. The average molecular weight is 500 g/mol. The van der Waals surface area contributed by atoms with Crippen molar-refractivity contribution in [1.82, 2.24) is 4.57 Å². The van der Waals surface area contributed by atoms with Crippen molar-refractivity contribution < 1.29 is 8.83 Å². The minimum Gasteiger partial charge on any atom is -0.456 e. The molecule has 0 radical (unpaired) electrons. The Kier molecular flexibility index (Phi) is 4.05. The smallest absolute Gasteiger partial charge is 0.161 e. The van der Waals surface area contributed by atoms with Crippen molar-refractivity contribution in [3.8, 4) is 16.8 Å². The van der Waals surface area contributed by atoms with Gasteiger partial charge in [-0.1, -0.05) is 72.8 Å². The molecule has 3 nitrogen and oxygen atoms in total. The summed E-state index contributed by atoms with van der Waals surface area (Å²) in [7, 11) is 0. The number of para-hydroxylation sites is 2. The standard InChI is InChI=1S/C36H21NO2/c1-2-9-25(10-3-1)37-30-13-7-6-12-27(30)36-35(37)29-20-23(16-18-31(29)39-36)24-14-17-28-33(21-24)38-32-19-15-22-8-4-5-11-26(22)34(28)32/h1-21H. The highest BCUT2D eigenvalue weighted by molar-refractivity contribution is 6.19. The molecular weight excluding hydrogens is 478 g/mol. The van der Waals surface area contributed by atoms with Gasteiger partial charge in [-0.05, 0) is 76.5 Å². The van der Waals surface area contributed by atoms with E-state index in [-0.39, 0.29) is 0 Å². The maximum Gasteiger partial charge on any atom is 0.161 e. The summed E-state index contributed by atoms with van der Waals surface area (Å²) in [5.74, 6) is 0. The zero-order valence-electron chi connectivity index (χ0n) is 20.9. The third-order valence-electron chi connectivity index (χ3n) is 7.98. The highest BCUT2D eigenvalue weighted by atomic mass is 16.3. The first-order valence-electron chi connectivity index (χ1n) is 13.2. The molecule has 39 heavy (non-hydrogen) atoms. The lowest BCUT2D eigenvalue weighted by Gasteiger charge is -2.07. The van der Waals surface area contributed by atoms with Crippen LogP contribution in [0.5, 0.6) is 0 Å². The lowest BCUT2D eigenvalue weighted by molar-refractivity contribution is 0.669. The highest BCUT2D eigenvalue weighted by Gasteiger charge is 2.20. The van der Waals surface area contributed by atoms with Gasteiger partial charge in [0.1, 0.15) is 22.3 Å². The molecule has 182 valence electrons. The summed E-state index contributed by atoms with van der Waals surface area (Å²) in [4.78, 5) is 0. The van der Waals surface area contributed by atoms with Gasteiger partial charge in [0.15, 0.2) is 5.58 Å². The van der Waals surface area contributed by atoms with E-state index in [0.29, 0.717) is 0 Å². The molecule has 3 aromatic heterocycles. The van der Waals surface area contributed by atoms with Crippen LogP contribution in [-0.2, 0) is 0 Å². The molecule has 3 heteroatoms. The highest BCUT2D eigenvalue weighted by Crippen LogP contribution is 2.41. The van der Waals surface area contributed by atoms with Gasteiger partial charge in [-0.2, -0.15) is 0 Å². The normalized spacial score (nSPS) is 12.1. The van der Waals surface area contributed by atoms with Crippen LogP contribution in [0.1, 0.15) is 0 Å². The second-order valence-corrected chi connectivity index (χ2v) is 10.2. The Labute approximate surface area is 223 Å². The van der Waals surface area contributed by atoms with E-state index in [9.17, 15) is 0 Å². The molecule has 0 saturated carbocycles. The fourth-order valence-electron chi connectivity index (χ4n) is 6.22. The molecule has 9 rings (SSSR count). The minimum atomic E-state index is 0.885. The van der Waals surface area contributed by atoms with Crippen LogP contribution in [0.15, 0.2) is 136 Å². The van der Waals surface area contributed by atoms with E-state index in [1.807, 2.05) is 0 Å². The first-order valence-corrected chi connectivity index (χ1v) is 13.2. The number of rotatable bonds is 2. The molecule has 0 bridgehead atoms. The van der Waals surface area contributed by atoms with Crippen molar-refractivity contribution in [2.45, 2.75) is 0 Å². The van der Waals surface area contributed by atoms with Crippen LogP contribution >= 0.6 is 0 Å². The van der Waals surface area contributed by atoms with Crippen LogP contribution in [0.2, 0.25) is 0 Å². The molecule has 9 aromatic rings. The van der Waals surface area contributed by atoms with Crippen molar-refractivity contribution in [3.63, 3.8) is 0 Å². The molecule has 0 amide bonds. The van der Waals surface area contributed by atoms with Crippen molar-refractivity contribution in [3.05, 3.63) is 127 Å². The minimum absolute atomic E-state index is 0.885.